The van der Waals surface area contributed by atoms with Crippen LogP contribution >= 0.6 is 0 Å². The highest BCUT2D eigenvalue weighted by Gasteiger charge is 2.49. The number of nitrogens with zero attached hydrogens (tertiary/aromatic N) is 4. The number of fused-ring (bicyclic) bond motifs is 1. The fraction of sp³-hybridized carbons (Fsp3) is 0.333. The number of aromatic carboxylic acids is 1. The first kappa shape index (κ1) is 18.7. The predicted molar refractivity (Wildman–Crippen MR) is 97.8 cm³/mol. The van der Waals surface area contributed by atoms with Gasteiger partial charge in [-0.25, -0.2) is 23.6 Å². The Labute approximate surface area is 164 Å². The third kappa shape index (κ3) is 2.85. The van der Waals surface area contributed by atoms with Gasteiger partial charge in [-0.15, -0.1) is 0 Å². The van der Waals surface area contributed by atoms with E-state index in [0.29, 0.717) is 12.0 Å². The lowest BCUT2D eigenvalue weighted by molar-refractivity contribution is 0.0697. The van der Waals surface area contributed by atoms with Crippen molar-refractivity contribution in [3.8, 4) is 5.88 Å². The van der Waals surface area contributed by atoms with Crippen LogP contribution in [0.1, 0.15) is 35.3 Å². The fourth-order valence-corrected chi connectivity index (χ4v) is 3.66. The summed E-state index contributed by atoms with van der Waals surface area (Å²) in [6, 6.07) is 0.536. The van der Waals surface area contributed by atoms with E-state index >= 15 is 0 Å². The summed E-state index contributed by atoms with van der Waals surface area (Å²) in [7, 11) is 1.40. The molecule has 0 saturated carbocycles. The first-order chi connectivity index (χ1) is 13.9. The number of hydrogen-bond acceptors (Lipinski definition) is 7. The molecule has 2 N–H and O–H groups in total. The van der Waals surface area contributed by atoms with Crippen LogP contribution in [-0.2, 0) is 4.74 Å². The zero-order chi connectivity index (χ0) is 20.8. The number of amides is 1. The smallest absolute Gasteiger partial charge is 0.412 e. The van der Waals surface area contributed by atoms with Gasteiger partial charge in [0.25, 0.3) is 0 Å². The topological polar surface area (TPSA) is 119 Å². The zero-order valence-corrected chi connectivity index (χ0v) is 15.6. The van der Waals surface area contributed by atoms with Gasteiger partial charge < -0.3 is 19.9 Å². The number of aromatic nitrogens is 3. The van der Waals surface area contributed by atoms with Crippen molar-refractivity contribution in [2.24, 2.45) is 0 Å². The lowest BCUT2D eigenvalue weighted by atomic mass is 9.98. The van der Waals surface area contributed by atoms with Crippen molar-refractivity contribution in [3.63, 3.8) is 0 Å². The van der Waals surface area contributed by atoms with Crippen LogP contribution in [0.15, 0.2) is 24.5 Å². The van der Waals surface area contributed by atoms with Gasteiger partial charge in [-0.2, -0.15) is 5.10 Å². The predicted octanol–water partition coefficient (Wildman–Crippen LogP) is 2.32. The van der Waals surface area contributed by atoms with Crippen LogP contribution in [0.25, 0.3) is 6.20 Å². The number of carboxylic acids is 1. The van der Waals surface area contributed by atoms with Gasteiger partial charge in [0, 0.05) is 11.8 Å². The maximum absolute atomic E-state index is 13.9. The molecule has 11 heteroatoms. The third-order valence-electron chi connectivity index (χ3n) is 5.09. The van der Waals surface area contributed by atoms with Crippen molar-refractivity contribution in [1.82, 2.24) is 19.7 Å². The Kier molecular flexibility index (Phi) is 4.36. The Morgan fingerprint density at radius 3 is 3.00 bits per heavy atom. The first-order valence-electron chi connectivity index (χ1n) is 8.84. The van der Waals surface area contributed by atoms with Gasteiger partial charge in [0.1, 0.15) is 35.5 Å². The molecule has 2 aromatic heterocycles. The van der Waals surface area contributed by atoms with Crippen molar-refractivity contribution in [3.05, 3.63) is 41.5 Å². The van der Waals surface area contributed by atoms with Crippen LogP contribution in [0.5, 0.6) is 5.88 Å². The second-order valence-corrected chi connectivity index (χ2v) is 6.59. The van der Waals surface area contributed by atoms with Gasteiger partial charge in [0.15, 0.2) is 0 Å². The molecule has 2 aromatic rings. The van der Waals surface area contributed by atoms with Gasteiger partial charge in [-0.05, 0) is 18.6 Å². The minimum atomic E-state index is -1.16. The molecule has 1 fully saturated rings. The normalized spacial score (nSPS) is 22.8. The average Bonchev–Trinajstić information content (AvgIpc) is 3.30. The highest BCUT2D eigenvalue weighted by molar-refractivity contribution is 5.94. The molecule has 2 atom stereocenters. The standard InChI is InChI=1S/C18H18FN5O5/c1-3-18(4-5-23-14(22-18)12(8-21-23)16(25)26)24-13(9-29-17(24)27)11-6-10(19)7-20-15(11)28-2/h4-8,13,22H,3,9H2,1-2H3,(H,25,26). The summed E-state index contributed by atoms with van der Waals surface area (Å²) in [6.45, 7) is 1.79. The van der Waals surface area contributed by atoms with Crippen LogP contribution in [-0.4, -0.2) is 56.2 Å². The molecule has 2 unspecified atom stereocenters. The lowest BCUT2D eigenvalue weighted by Crippen LogP contribution is -2.55. The van der Waals surface area contributed by atoms with Crippen molar-refractivity contribution in [2.45, 2.75) is 25.0 Å². The number of carbonyl (C=O) groups is 2. The monoisotopic (exact) mass is 403 g/mol. The van der Waals surface area contributed by atoms with E-state index in [1.165, 1.54) is 29.0 Å². The second-order valence-electron chi connectivity index (χ2n) is 6.59. The number of methoxy groups -OCH3 is 1. The maximum atomic E-state index is 13.9. The van der Waals surface area contributed by atoms with Gasteiger partial charge >= 0.3 is 12.1 Å². The van der Waals surface area contributed by atoms with E-state index < -0.39 is 29.6 Å². The summed E-state index contributed by atoms with van der Waals surface area (Å²) in [5, 5.41) is 16.6. The van der Waals surface area contributed by atoms with Crippen LogP contribution < -0.4 is 10.1 Å². The molecule has 0 spiro atoms. The number of ether oxygens (including phenoxy) is 2. The highest BCUT2D eigenvalue weighted by atomic mass is 19.1. The summed E-state index contributed by atoms with van der Waals surface area (Å²) < 4.78 is 25.8. The van der Waals surface area contributed by atoms with Crippen molar-refractivity contribution in [1.29, 1.82) is 0 Å². The van der Waals surface area contributed by atoms with E-state index in [0.717, 1.165) is 6.20 Å². The number of carboxylic acid groups (broad SMARTS) is 1. The van der Waals surface area contributed by atoms with E-state index in [9.17, 15) is 19.1 Å². The third-order valence-corrected chi connectivity index (χ3v) is 5.09. The molecular weight excluding hydrogens is 385 g/mol. The first-order valence-corrected chi connectivity index (χ1v) is 8.84. The molecule has 2 aliphatic rings. The molecule has 0 aliphatic carbocycles. The van der Waals surface area contributed by atoms with Crippen molar-refractivity contribution in [2.75, 3.05) is 19.0 Å². The number of anilines is 1. The quantitative estimate of drug-likeness (QED) is 0.781. The summed E-state index contributed by atoms with van der Waals surface area (Å²) in [5.41, 5.74) is -0.823. The van der Waals surface area contributed by atoms with Gasteiger partial charge in [-0.1, -0.05) is 6.92 Å². The fourth-order valence-electron chi connectivity index (χ4n) is 3.66. The molecule has 29 heavy (non-hydrogen) atoms. The zero-order valence-electron chi connectivity index (χ0n) is 15.6. The largest absolute Gasteiger partial charge is 0.481 e. The number of nitrogens with one attached hydrogen (secondary N) is 1. The van der Waals surface area contributed by atoms with Crippen molar-refractivity contribution >= 4 is 24.1 Å². The molecule has 10 nitrogen and oxygen atoms in total. The van der Waals surface area contributed by atoms with Gasteiger partial charge in [0.05, 0.1) is 19.5 Å². The molecule has 4 rings (SSSR count). The summed E-state index contributed by atoms with van der Waals surface area (Å²) in [5.74, 6) is -1.34. The molecule has 0 radical (unpaired) electrons. The van der Waals surface area contributed by atoms with Crippen LogP contribution in [0.2, 0.25) is 0 Å². The molecule has 152 valence electrons. The summed E-state index contributed by atoms with van der Waals surface area (Å²) >= 11 is 0. The van der Waals surface area contributed by atoms with Gasteiger partial charge in [-0.3, -0.25) is 4.90 Å². The Morgan fingerprint density at radius 1 is 1.52 bits per heavy atom. The Hall–Kier alpha value is -3.63. The number of carbonyl (C=O) groups excluding carboxylic acids is 1. The van der Waals surface area contributed by atoms with Crippen LogP contribution in [0.4, 0.5) is 15.0 Å². The number of hydrogen-bond donors (Lipinski definition) is 2. The number of halogens is 1. The molecule has 2 aliphatic heterocycles. The molecule has 1 amide bonds. The Balaban J connectivity index is 1.80. The summed E-state index contributed by atoms with van der Waals surface area (Å²) in [6.07, 6.45) is 5.24. The minimum absolute atomic E-state index is 0.0390. The van der Waals surface area contributed by atoms with Gasteiger partial charge in [0.2, 0.25) is 5.88 Å². The SMILES string of the molecule is CCC1(N2C(=O)OCC2c2cc(F)cnc2OC)C=Cn2ncc(C(=O)O)c2N1. The number of cyclic esters (lactones) is 1. The lowest BCUT2D eigenvalue weighted by Gasteiger charge is -2.43. The van der Waals surface area contributed by atoms with E-state index in [4.69, 9.17) is 9.47 Å². The second kappa shape index (κ2) is 6.76. The van der Waals surface area contributed by atoms with Crippen LogP contribution in [0, 0.1) is 5.82 Å². The van der Waals surface area contributed by atoms with Crippen molar-refractivity contribution < 1.29 is 28.6 Å². The van der Waals surface area contributed by atoms with E-state index in [2.05, 4.69) is 15.4 Å². The molecule has 0 bridgehead atoms. The average molecular weight is 403 g/mol. The van der Waals surface area contributed by atoms with Crippen LogP contribution in [0.3, 0.4) is 0 Å². The molecule has 1 saturated heterocycles. The summed E-state index contributed by atoms with van der Waals surface area (Å²) in [4.78, 5) is 29.6. The Bertz CT molecular complexity index is 1020. The molecular formula is C18H18FN5O5. The Morgan fingerprint density at radius 2 is 2.31 bits per heavy atom. The molecule has 4 heterocycles. The number of pyridine rings is 1. The number of rotatable bonds is 5. The van der Waals surface area contributed by atoms with E-state index in [-0.39, 0.29) is 23.9 Å². The maximum Gasteiger partial charge on any atom is 0.412 e. The van der Waals surface area contributed by atoms with E-state index in [1.54, 1.807) is 12.3 Å². The minimum Gasteiger partial charge on any atom is -0.481 e. The molecule has 0 aromatic carbocycles. The van der Waals surface area contributed by atoms with E-state index in [1.807, 2.05) is 6.92 Å². The highest BCUT2D eigenvalue weighted by Crippen LogP contribution is 2.42.